The lowest BCUT2D eigenvalue weighted by atomic mass is 9.79. The van der Waals surface area contributed by atoms with Crippen molar-refractivity contribution in [3.05, 3.63) is 28.5 Å². The molecule has 0 bridgehead atoms. The van der Waals surface area contributed by atoms with Crippen molar-refractivity contribution in [3.63, 3.8) is 0 Å². The van der Waals surface area contributed by atoms with Crippen molar-refractivity contribution in [2.24, 2.45) is 5.92 Å². The number of carbonyl (C=O) groups excluding carboxylic acids is 1. The van der Waals surface area contributed by atoms with Gasteiger partial charge in [0.2, 0.25) is 0 Å². The highest BCUT2D eigenvalue weighted by Gasteiger charge is 2.32. The number of carbonyl (C=O) groups is 1. The van der Waals surface area contributed by atoms with Crippen LogP contribution in [0.3, 0.4) is 0 Å². The Morgan fingerprint density at radius 1 is 1.63 bits per heavy atom. The van der Waals surface area contributed by atoms with E-state index in [0.717, 1.165) is 25.7 Å². The Morgan fingerprint density at radius 2 is 2.42 bits per heavy atom. The Labute approximate surface area is 121 Å². The van der Waals surface area contributed by atoms with E-state index in [1.54, 1.807) is 12.1 Å². The lowest BCUT2D eigenvalue weighted by molar-refractivity contribution is -0.0109. The number of pyridine rings is 1. The van der Waals surface area contributed by atoms with E-state index >= 15 is 0 Å². The summed E-state index contributed by atoms with van der Waals surface area (Å²) in [5.41, 5.74) is -0.244. The second kappa shape index (κ2) is 6.01. The molecule has 1 aromatic heterocycles. The molecule has 2 unspecified atom stereocenters. The van der Waals surface area contributed by atoms with E-state index in [1.165, 1.54) is 6.20 Å². The predicted octanol–water partition coefficient (Wildman–Crippen LogP) is 2.52. The number of hydrogen-bond donors (Lipinski definition) is 2. The molecule has 1 heterocycles. The second-order valence-electron chi connectivity index (χ2n) is 5.48. The van der Waals surface area contributed by atoms with Crippen LogP contribution in [0.5, 0.6) is 0 Å². The maximum atomic E-state index is 11.9. The zero-order chi connectivity index (χ0) is 13.9. The maximum absolute atomic E-state index is 11.9. The number of nitrogens with zero attached hydrogens (tertiary/aromatic N) is 1. The zero-order valence-corrected chi connectivity index (χ0v) is 12.6. The van der Waals surface area contributed by atoms with Gasteiger partial charge in [0.25, 0.3) is 5.91 Å². The van der Waals surface area contributed by atoms with Gasteiger partial charge in [0, 0.05) is 12.7 Å². The van der Waals surface area contributed by atoms with Crippen LogP contribution in [-0.2, 0) is 0 Å². The molecule has 0 saturated heterocycles. The molecule has 1 aliphatic carbocycles. The summed E-state index contributed by atoms with van der Waals surface area (Å²) in [5.74, 6) is 0.330. The van der Waals surface area contributed by atoms with E-state index in [4.69, 9.17) is 0 Å². The highest BCUT2D eigenvalue weighted by molar-refractivity contribution is 9.10. The lowest BCUT2D eigenvalue weighted by Gasteiger charge is -2.35. The van der Waals surface area contributed by atoms with Gasteiger partial charge in [-0.15, -0.1) is 0 Å². The number of nitrogens with one attached hydrogen (secondary N) is 1. The molecular formula is C14H19BrN2O2. The Kier molecular flexibility index (Phi) is 4.58. The van der Waals surface area contributed by atoms with Crippen molar-refractivity contribution in [1.29, 1.82) is 0 Å². The molecule has 5 heteroatoms. The average Bonchev–Trinajstić information content (AvgIpc) is 2.37. The lowest BCUT2D eigenvalue weighted by Crippen LogP contribution is -2.45. The molecule has 2 atom stereocenters. The smallest absolute Gasteiger partial charge is 0.252 e. The van der Waals surface area contributed by atoms with E-state index in [1.807, 2.05) is 0 Å². The van der Waals surface area contributed by atoms with Crippen molar-refractivity contribution in [1.82, 2.24) is 10.3 Å². The minimum Gasteiger partial charge on any atom is -0.388 e. The Morgan fingerprint density at radius 3 is 3.05 bits per heavy atom. The maximum Gasteiger partial charge on any atom is 0.252 e. The molecule has 1 saturated carbocycles. The molecule has 2 rings (SSSR count). The standard InChI is InChI=1S/C14H19BrN2O2/c1-10-3-2-6-14(19,7-10)9-17-13(18)11-4-5-12(15)16-8-11/h4-5,8,10,19H,2-3,6-7,9H2,1H3,(H,17,18). The number of hydrogen-bond acceptors (Lipinski definition) is 3. The second-order valence-corrected chi connectivity index (χ2v) is 6.29. The summed E-state index contributed by atoms with van der Waals surface area (Å²) in [4.78, 5) is 16.0. The van der Waals surface area contributed by atoms with Crippen molar-refractivity contribution >= 4 is 21.8 Å². The molecule has 2 N–H and O–H groups in total. The van der Waals surface area contributed by atoms with Crippen LogP contribution in [0.2, 0.25) is 0 Å². The van der Waals surface area contributed by atoms with Gasteiger partial charge in [-0.05, 0) is 46.8 Å². The first-order valence-electron chi connectivity index (χ1n) is 6.61. The number of aliphatic hydroxyl groups is 1. The molecule has 1 aromatic rings. The number of rotatable bonds is 3. The summed E-state index contributed by atoms with van der Waals surface area (Å²) in [6.45, 7) is 2.46. The SMILES string of the molecule is CC1CCCC(O)(CNC(=O)c2ccc(Br)nc2)C1. The highest BCUT2D eigenvalue weighted by Crippen LogP contribution is 2.31. The first-order valence-corrected chi connectivity index (χ1v) is 7.40. The van der Waals surface area contributed by atoms with E-state index in [2.05, 4.69) is 33.2 Å². The van der Waals surface area contributed by atoms with Gasteiger partial charge in [-0.2, -0.15) is 0 Å². The fourth-order valence-electron chi connectivity index (χ4n) is 2.65. The number of amides is 1. The third-order valence-corrected chi connectivity index (χ3v) is 4.10. The summed E-state index contributed by atoms with van der Waals surface area (Å²) in [7, 11) is 0. The average molecular weight is 327 g/mol. The molecule has 0 aliphatic heterocycles. The zero-order valence-electron chi connectivity index (χ0n) is 11.0. The van der Waals surface area contributed by atoms with Crippen molar-refractivity contribution in [3.8, 4) is 0 Å². The number of halogens is 1. The molecular weight excluding hydrogens is 308 g/mol. The van der Waals surface area contributed by atoms with Gasteiger partial charge in [-0.3, -0.25) is 4.79 Å². The molecule has 0 aromatic carbocycles. The fourth-order valence-corrected chi connectivity index (χ4v) is 2.88. The van der Waals surface area contributed by atoms with Gasteiger partial charge in [-0.25, -0.2) is 4.98 Å². The summed E-state index contributed by atoms with van der Waals surface area (Å²) < 4.78 is 0.698. The van der Waals surface area contributed by atoms with Crippen LogP contribution in [0.25, 0.3) is 0 Å². The van der Waals surface area contributed by atoms with Crippen molar-refractivity contribution in [2.75, 3.05) is 6.54 Å². The van der Waals surface area contributed by atoms with Crippen LogP contribution in [-0.4, -0.2) is 28.1 Å². The van der Waals surface area contributed by atoms with Crippen LogP contribution in [0.1, 0.15) is 43.0 Å². The third-order valence-electron chi connectivity index (χ3n) is 3.64. The molecule has 1 amide bonds. The first-order chi connectivity index (χ1) is 8.98. The minimum atomic E-state index is -0.754. The molecule has 19 heavy (non-hydrogen) atoms. The molecule has 104 valence electrons. The summed E-state index contributed by atoms with van der Waals surface area (Å²) in [6.07, 6.45) is 5.22. The van der Waals surface area contributed by atoms with E-state index in [0.29, 0.717) is 22.6 Å². The largest absolute Gasteiger partial charge is 0.388 e. The molecule has 1 fully saturated rings. The van der Waals surface area contributed by atoms with Crippen molar-refractivity contribution < 1.29 is 9.90 Å². The monoisotopic (exact) mass is 326 g/mol. The van der Waals surface area contributed by atoms with Gasteiger partial charge in [0.1, 0.15) is 4.60 Å². The van der Waals surface area contributed by atoms with Gasteiger partial charge in [0.15, 0.2) is 0 Å². The van der Waals surface area contributed by atoms with Gasteiger partial charge < -0.3 is 10.4 Å². The highest BCUT2D eigenvalue weighted by atomic mass is 79.9. The molecule has 1 aliphatic rings. The van der Waals surface area contributed by atoms with E-state index in [9.17, 15) is 9.90 Å². The summed E-state index contributed by atoms with van der Waals surface area (Å²) >= 11 is 3.23. The van der Waals surface area contributed by atoms with Gasteiger partial charge in [0.05, 0.1) is 11.2 Å². The third kappa shape index (κ3) is 4.01. The predicted molar refractivity (Wildman–Crippen MR) is 76.9 cm³/mol. The van der Waals surface area contributed by atoms with Crippen LogP contribution >= 0.6 is 15.9 Å². The van der Waals surface area contributed by atoms with E-state index < -0.39 is 5.60 Å². The molecule has 0 spiro atoms. The van der Waals surface area contributed by atoms with E-state index in [-0.39, 0.29) is 5.91 Å². The summed E-state index contributed by atoms with van der Waals surface area (Å²) in [6, 6.07) is 3.44. The normalized spacial score (nSPS) is 27.0. The Bertz CT molecular complexity index is 449. The quantitative estimate of drug-likeness (QED) is 0.839. The summed E-state index contributed by atoms with van der Waals surface area (Å²) in [5, 5.41) is 13.2. The van der Waals surface area contributed by atoms with Crippen molar-refractivity contribution in [2.45, 2.75) is 38.2 Å². The number of aromatic nitrogens is 1. The minimum absolute atomic E-state index is 0.188. The van der Waals surface area contributed by atoms with Crippen LogP contribution in [0.15, 0.2) is 22.9 Å². The Hall–Kier alpha value is -0.940. The molecule has 0 radical (unpaired) electrons. The first kappa shape index (κ1) is 14.5. The molecule has 4 nitrogen and oxygen atoms in total. The van der Waals surface area contributed by atoms with Crippen LogP contribution in [0, 0.1) is 5.92 Å². The fraction of sp³-hybridized carbons (Fsp3) is 0.571. The van der Waals surface area contributed by atoms with Gasteiger partial charge in [-0.1, -0.05) is 19.8 Å². The Balaban J connectivity index is 1.91. The topological polar surface area (TPSA) is 62.2 Å². The van der Waals surface area contributed by atoms with Gasteiger partial charge >= 0.3 is 0 Å². The van der Waals surface area contributed by atoms with Crippen LogP contribution in [0.4, 0.5) is 0 Å². The van der Waals surface area contributed by atoms with Crippen LogP contribution < -0.4 is 5.32 Å².